The smallest absolute Gasteiger partial charge is 0.251 e. The molecule has 0 saturated heterocycles. The standard InChI is InChI=1S/C15H22N2O3/c1-19-10-11(20-2)9-17-15(18)13-5-3-7-14-12(13)6-4-8-16-14/h3,5,7,11,16H,4,6,8-10H2,1-2H3,(H,17,18). The zero-order valence-electron chi connectivity index (χ0n) is 12.1. The van der Waals surface area contributed by atoms with Crippen molar-refractivity contribution in [2.45, 2.75) is 18.9 Å². The van der Waals surface area contributed by atoms with Crippen molar-refractivity contribution in [1.29, 1.82) is 0 Å². The van der Waals surface area contributed by atoms with Crippen LogP contribution >= 0.6 is 0 Å². The lowest BCUT2D eigenvalue weighted by atomic mass is 9.97. The van der Waals surface area contributed by atoms with Crippen LogP contribution in [0, 0.1) is 0 Å². The van der Waals surface area contributed by atoms with Crippen molar-refractivity contribution in [3.8, 4) is 0 Å². The highest BCUT2D eigenvalue weighted by atomic mass is 16.5. The summed E-state index contributed by atoms with van der Waals surface area (Å²) in [7, 11) is 3.23. The molecule has 1 aliphatic heterocycles. The van der Waals surface area contributed by atoms with E-state index in [1.165, 1.54) is 0 Å². The summed E-state index contributed by atoms with van der Waals surface area (Å²) in [4.78, 5) is 12.3. The summed E-state index contributed by atoms with van der Waals surface area (Å²) in [5, 5.41) is 6.24. The van der Waals surface area contributed by atoms with Crippen LogP contribution in [0.25, 0.3) is 0 Å². The average Bonchev–Trinajstić information content (AvgIpc) is 2.50. The zero-order chi connectivity index (χ0) is 14.4. The molecule has 0 saturated carbocycles. The summed E-state index contributed by atoms with van der Waals surface area (Å²) < 4.78 is 10.3. The second-order valence-corrected chi connectivity index (χ2v) is 4.89. The number of benzene rings is 1. The lowest BCUT2D eigenvalue weighted by Crippen LogP contribution is -2.36. The molecule has 1 amide bonds. The number of hydrogen-bond donors (Lipinski definition) is 2. The number of anilines is 1. The fourth-order valence-electron chi connectivity index (χ4n) is 2.42. The highest BCUT2D eigenvalue weighted by Crippen LogP contribution is 2.25. The molecule has 1 aromatic carbocycles. The fraction of sp³-hybridized carbons (Fsp3) is 0.533. The molecule has 20 heavy (non-hydrogen) atoms. The van der Waals surface area contributed by atoms with Gasteiger partial charge in [0.15, 0.2) is 0 Å². The first-order valence-corrected chi connectivity index (χ1v) is 6.92. The van der Waals surface area contributed by atoms with E-state index in [4.69, 9.17) is 9.47 Å². The number of amides is 1. The van der Waals surface area contributed by atoms with Crippen LogP contribution in [0.2, 0.25) is 0 Å². The number of methoxy groups -OCH3 is 2. The number of rotatable bonds is 6. The molecule has 2 rings (SSSR count). The van der Waals surface area contributed by atoms with Crippen molar-refractivity contribution in [2.75, 3.05) is 39.2 Å². The largest absolute Gasteiger partial charge is 0.385 e. The second-order valence-electron chi connectivity index (χ2n) is 4.89. The third-order valence-electron chi connectivity index (χ3n) is 3.52. The zero-order valence-corrected chi connectivity index (χ0v) is 12.1. The second kappa shape index (κ2) is 7.26. The highest BCUT2D eigenvalue weighted by molar-refractivity contribution is 5.97. The lowest BCUT2D eigenvalue weighted by molar-refractivity contribution is 0.0285. The minimum atomic E-state index is -0.124. The first-order valence-electron chi connectivity index (χ1n) is 6.92. The summed E-state index contributed by atoms with van der Waals surface area (Å²) >= 11 is 0. The van der Waals surface area contributed by atoms with Gasteiger partial charge in [-0.05, 0) is 30.5 Å². The molecule has 1 heterocycles. The molecule has 0 aromatic heterocycles. The molecule has 1 unspecified atom stereocenters. The molecule has 1 aromatic rings. The minimum Gasteiger partial charge on any atom is -0.385 e. The number of carbonyl (C=O) groups is 1. The predicted molar refractivity (Wildman–Crippen MR) is 78.3 cm³/mol. The number of ether oxygens (including phenoxy) is 2. The predicted octanol–water partition coefficient (Wildman–Crippen LogP) is 1.44. The van der Waals surface area contributed by atoms with E-state index in [2.05, 4.69) is 10.6 Å². The molecule has 0 bridgehead atoms. The van der Waals surface area contributed by atoms with Crippen LogP contribution in [0.3, 0.4) is 0 Å². The molecule has 1 aliphatic rings. The monoisotopic (exact) mass is 278 g/mol. The van der Waals surface area contributed by atoms with Gasteiger partial charge in [-0.2, -0.15) is 0 Å². The Kier molecular flexibility index (Phi) is 5.38. The van der Waals surface area contributed by atoms with E-state index in [9.17, 15) is 4.79 Å². The van der Waals surface area contributed by atoms with Gasteiger partial charge in [0.2, 0.25) is 0 Å². The van der Waals surface area contributed by atoms with Gasteiger partial charge in [-0.25, -0.2) is 0 Å². The van der Waals surface area contributed by atoms with Crippen molar-refractivity contribution < 1.29 is 14.3 Å². The summed E-state index contributed by atoms with van der Waals surface area (Å²) in [5.74, 6) is -0.0521. The van der Waals surface area contributed by atoms with Gasteiger partial charge in [-0.15, -0.1) is 0 Å². The quantitative estimate of drug-likeness (QED) is 0.826. The average molecular weight is 278 g/mol. The van der Waals surface area contributed by atoms with Crippen LogP contribution in [-0.2, 0) is 15.9 Å². The number of fused-ring (bicyclic) bond motifs is 1. The van der Waals surface area contributed by atoms with Gasteiger partial charge in [0.1, 0.15) is 0 Å². The fourth-order valence-corrected chi connectivity index (χ4v) is 2.42. The van der Waals surface area contributed by atoms with E-state index in [1.807, 2.05) is 18.2 Å². The number of hydrogen-bond acceptors (Lipinski definition) is 4. The van der Waals surface area contributed by atoms with E-state index < -0.39 is 0 Å². The van der Waals surface area contributed by atoms with E-state index in [0.29, 0.717) is 13.2 Å². The van der Waals surface area contributed by atoms with Crippen LogP contribution in [0.15, 0.2) is 18.2 Å². The maximum Gasteiger partial charge on any atom is 0.251 e. The van der Waals surface area contributed by atoms with Gasteiger partial charge >= 0.3 is 0 Å². The van der Waals surface area contributed by atoms with E-state index in [0.717, 1.165) is 36.2 Å². The van der Waals surface area contributed by atoms with Crippen LogP contribution in [-0.4, -0.2) is 45.9 Å². The molecule has 1 atom stereocenters. The van der Waals surface area contributed by atoms with Crippen molar-refractivity contribution in [2.24, 2.45) is 0 Å². The Bertz CT molecular complexity index is 462. The van der Waals surface area contributed by atoms with E-state index in [-0.39, 0.29) is 12.0 Å². The molecule has 0 fully saturated rings. The van der Waals surface area contributed by atoms with Crippen LogP contribution in [0.5, 0.6) is 0 Å². The minimum absolute atomic E-state index is 0.0521. The SMILES string of the molecule is COCC(CNC(=O)c1cccc2c1CCCN2)OC. The Hall–Kier alpha value is -1.59. The Morgan fingerprint density at radius 2 is 2.30 bits per heavy atom. The molecular formula is C15H22N2O3. The highest BCUT2D eigenvalue weighted by Gasteiger charge is 2.18. The topological polar surface area (TPSA) is 59.6 Å². The molecule has 0 aliphatic carbocycles. The summed E-state index contributed by atoms with van der Waals surface area (Å²) in [6.07, 6.45) is 1.88. The lowest BCUT2D eigenvalue weighted by Gasteiger charge is -2.21. The number of nitrogens with one attached hydrogen (secondary N) is 2. The summed E-state index contributed by atoms with van der Waals surface area (Å²) in [6, 6.07) is 5.81. The maximum absolute atomic E-state index is 12.3. The molecule has 0 radical (unpaired) electrons. The van der Waals surface area contributed by atoms with Gasteiger partial charge in [0, 0.05) is 38.6 Å². The van der Waals surface area contributed by atoms with Crippen molar-refractivity contribution in [3.63, 3.8) is 0 Å². The van der Waals surface area contributed by atoms with Gasteiger partial charge in [0.05, 0.1) is 12.7 Å². The van der Waals surface area contributed by atoms with Crippen LogP contribution in [0.1, 0.15) is 22.3 Å². The Morgan fingerprint density at radius 3 is 3.05 bits per heavy atom. The third-order valence-corrected chi connectivity index (χ3v) is 3.52. The van der Waals surface area contributed by atoms with Crippen molar-refractivity contribution in [1.82, 2.24) is 5.32 Å². The first kappa shape index (κ1) is 14.8. The molecule has 5 nitrogen and oxygen atoms in total. The Morgan fingerprint density at radius 1 is 1.45 bits per heavy atom. The Balaban J connectivity index is 2.02. The van der Waals surface area contributed by atoms with Gasteiger partial charge in [0.25, 0.3) is 5.91 Å². The molecule has 2 N–H and O–H groups in total. The molecule has 5 heteroatoms. The maximum atomic E-state index is 12.3. The summed E-state index contributed by atoms with van der Waals surface area (Å²) in [5.41, 5.74) is 2.93. The molecule has 0 spiro atoms. The van der Waals surface area contributed by atoms with Crippen molar-refractivity contribution >= 4 is 11.6 Å². The first-order chi connectivity index (χ1) is 9.76. The third kappa shape index (κ3) is 3.49. The normalized spacial score (nSPS) is 15.1. The number of carbonyl (C=O) groups excluding carboxylic acids is 1. The molecular weight excluding hydrogens is 256 g/mol. The Labute approximate surface area is 119 Å². The van der Waals surface area contributed by atoms with E-state index in [1.54, 1.807) is 14.2 Å². The van der Waals surface area contributed by atoms with Crippen LogP contribution < -0.4 is 10.6 Å². The van der Waals surface area contributed by atoms with Crippen LogP contribution in [0.4, 0.5) is 5.69 Å². The molecule has 110 valence electrons. The van der Waals surface area contributed by atoms with Crippen molar-refractivity contribution in [3.05, 3.63) is 29.3 Å². The summed E-state index contributed by atoms with van der Waals surface area (Å²) in [6.45, 7) is 1.88. The van der Waals surface area contributed by atoms with E-state index >= 15 is 0 Å². The van der Waals surface area contributed by atoms with Gasteiger partial charge < -0.3 is 20.1 Å². The van der Waals surface area contributed by atoms with Gasteiger partial charge in [-0.1, -0.05) is 6.07 Å². The van der Waals surface area contributed by atoms with Gasteiger partial charge in [-0.3, -0.25) is 4.79 Å².